The number of aliphatic hydroxyl groups excluding tert-OH is 1. The van der Waals surface area contributed by atoms with Gasteiger partial charge in [0.1, 0.15) is 5.82 Å². The van der Waals surface area contributed by atoms with Gasteiger partial charge in [-0.25, -0.2) is 4.39 Å². The molecule has 0 aliphatic carbocycles. The molecule has 2 aromatic rings. The first kappa shape index (κ1) is 14.1. The van der Waals surface area contributed by atoms with Crippen LogP contribution in [0.15, 0.2) is 36.7 Å². The Balaban J connectivity index is 2.14. The summed E-state index contributed by atoms with van der Waals surface area (Å²) in [7, 11) is 0. The van der Waals surface area contributed by atoms with E-state index < -0.39 is 11.9 Å². The minimum absolute atomic E-state index is 0.159. The van der Waals surface area contributed by atoms with Gasteiger partial charge in [-0.05, 0) is 29.7 Å². The lowest BCUT2D eigenvalue weighted by Gasteiger charge is -2.08. The molecule has 1 N–H and O–H groups in total. The summed E-state index contributed by atoms with van der Waals surface area (Å²) in [5.74, 6) is -0.405. The van der Waals surface area contributed by atoms with E-state index in [-0.39, 0.29) is 5.02 Å². The Bertz CT molecular complexity index is 553. The van der Waals surface area contributed by atoms with Crippen LogP contribution < -0.4 is 0 Å². The fraction of sp³-hybridized carbons (Fsp3) is 0.333. The highest BCUT2D eigenvalue weighted by Gasteiger charge is 2.10. The SMILES string of the molecule is CCCC(O)c1ccn(Cc2cccc(F)c2Cl)c1. The zero-order valence-electron chi connectivity index (χ0n) is 10.8. The van der Waals surface area contributed by atoms with Crippen LogP contribution in [-0.4, -0.2) is 9.67 Å². The topological polar surface area (TPSA) is 25.2 Å². The molecule has 1 atom stereocenters. The first-order chi connectivity index (χ1) is 9.11. The summed E-state index contributed by atoms with van der Waals surface area (Å²) in [6, 6.07) is 6.67. The molecule has 0 radical (unpaired) electrons. The molecule has 1 heterocycles. The number of rotatable bonds is 5. The van der Waals surface area contributed by atoms with Gasteiger partial charge in [0.2, 0.25) is 0 Å². The molecule has 2 rings (SSSR count). The molecule has 2 nitrogen and oxygen atoms in total. The zero-order valence-corrected chi connectivity index (χ0v) is 11.6. The molecule has 0 aliphatic heterocycles. The Morgan fingerprint density at radius 3 is 2.89 bits per heavy atom. The molecule has 0 saturated carbocycles. The molecule has 0 fully saturated rings. The Hall–Kier alpha value is -1.32. The van der Waals surface area contributed by atoms with E-state index >= 15 is 0 Å². The lowest BCUT2D eigenvalue weighted by atomic mass is 10.1. The van der Waals surface area contributed by atoms with E-state index in [1.165, 1.54) is 6.07 Å². The fourth-order valence-electron chi connectivity index (χ4n) is 2.06. The number of halogens is 2. The summed E-state index contributed by atoms with van der Waals surface area (Å²) < 4.78 is 15.2. The highest BCUT2D eigenvalue weighted by Crippen LogP contribution is 2.22. The summed E-state index contributed by atoms with van der Waals surface area (Å²) in [5.41, 5.74) is 1.61. The normalized spacial score (nSPS) is 12.6. The third-order valence-electron chi connectivity index (χ3n) is 3.10. The van der Waals surface area contributed by atoms with Crippen LogP contribution in [0.3, 0.4) is 0 Å². The number of nitrogens with zero attached hydrogens (tertiary/aromatic N) is 1. The molecule has 1 unspecified atom stereocenters. The zero-order chi connectivity index (χ0) is 13.8. The van der Waals surface area contributed by atoms with Crippen molar-refractivity contribution in [2.24, 2.45) is 0 Å². The van der Waals surface area contributed by atoms with E-state index in [4.69, 9.17) is 11.6 Å². The predicted octanol–water partition coefficient (Wildman–Crippen LogP) is 4.16. The van der Waals surface area contributed by atoms with Crippen molar-refractivity contribution in [2.75, 3.05) is 0 Å². The van der Waals surface area contributed by atoms with E-state index in [1.54, 1.807) is 12.1 Å². The molecule has 4 heteroatoms. The van der Waals surface area contributed by atoms with Crippen molar-refractivity contribution < 1.29 is 9.50 Å². The van der Waals surface area contributed by atoms with Crippen molar-refractivity contribution >= 4 is 11.6 Å². The van der Waals surface area contributed by atoms with Crippen LogP contribution in [0, 0.1) is 5.82 Å². The number of benzene rings is 1. The molecule has 102 valence electrons. The molecule has 19 heavy (non-hydrogen) atoms. The summed E-state index contributed by atoms with van der Waals surface area (Å²) >= 11 is 5.92. The predicted molar refractivity (Wildman–Crippen MR) is 74.8 cm³/mol. The van der Waals surface area contributed by atoms with Crippen molar-refractivity contribution in [1.82, 2.24) is 4.57 Å². The summed E-state index contributed by atoms with van der Waals surface area (Å²) in [6.45, 7) is 2.53. The fourth-order valence-corrected chi connectivity index (χ4v) is 2.25. The van der Waals surface area contributed by atoms with Crippen molar-refractivity contribution in [3.63, 3.8) is 0 Å². The quantitative estimate of drug-likeness (QED) is 0.874. The third-order valence-corrected chi connectivity index (χ3v) is 3.53. The smallest absolute Gasteiger partial charge is 0.142 e. The average molecular weight is 282 g/mol. The summed E-state index contributed by atoms with van der Waals surface area (Å²) in [4.78, 5) is 0. The second kappa shape index (κ2) is 6.22. The standard InChI is InChI=1S/C15H17ClFNO/c1-2-4-14(19)11-7-8-18(9-11)10-12-5-3-6-13(17)15(12)16/h3,5-9,14,19H,2,4,10H2,1H3. The second-order valence-corrected chi connectivity index (χ2v) is 5.01. The number of aromatic nitrogens is 1. The van der Waals surface area contributed by atoms with Crippen molar-refractivity contribution in [3.05, 3.63) is 58.6 Å². The van der Waals surface area contributed by atoms with Crippen LogP contribution in [0.25, 0.3) is 0 Å². The van der Waals surface area contributed by atoms with Gasteiger partial charge < -0.3 is 9.67 Å². The molecule has 0 bridgehead atoms. The Kier molecular flexibility index (Phi) is 4.61. The van der Waals surface area contributed by atoms with E-state index in [9.17, 15) is 9.50 Å². The molecule has 0 amide bonds. The number of hydrogen-bond acceptors (Lipinski definition) is 1. The number of hydrogen-bond donors (Lipinski definition) is 1. The minimum Gasteiger partial charge on any atom is -0.388 e. The Morgan fingerprint density at radius 1 is 1.37 bits per heavy atom. The van der Waals surface area contributed by atoms with Gasteiger partial charge in [-0.2, -0.15) is 0 Å². The monoisotopic (exact) mass is 281 g/mol. The Morgan fingerprint density at radius 2 is 2.16 bits per heavy atom. The average Bonchev–Trinajstić information content (AvgIpc) is 2.84. The van der Waals surface area contributed by atoms with E-state index in [2.05, 4.69) is 0 Å². The maximum Gasteiger partial charge on any atom is 0.142 e. The van der Waals surface area contributed by atoms with Crippen LogP contribution in [0.4, 0.5) is 4.39 Å². The molecule has 1 aromatic heterocycles. The highest BCUT2D eigenvalue weighted by atomic mass is 35.5. The van der Waals surface area contributed by atoms with Crippen molar-refractivity contribution in [1.29, 1.82) is 0 Å². The number of aliphatic hydroxyl groups is 1. The lowest BCUT2D eigenvalue weighted by Crippen LogP contribution is -1.99. The molecule has 0 spiro atoms. The third kappa shape index (κ3) is 3.37. The van der Waals surface area contributed by atoms with Crippen LogP contribution in [0.5, 0.6) is 0 Å². The van der Waals surface area contributed by atoms with E-state index in [1.807, 2.05) is 30.0 Å². The maximum absolute atomic E-state index is 13.3. The second-order valence-electron chi connectivity index (χ2n) is 4.63. The van der Waals surface area contributed by atoms with Crippen LogP contribution in [-0.2, 0) is 6.54 Å². The van der Waals surface area contributed by atoms with Gasteiger partial charge >= 0.3 is 0 Å². The van der Waals surface area contributed by atoms with Gasteiger partial charge in [-0.1, -0.05) is 37.1 Å². The Labute approximate surface area is 117 Å². The highest BCUT2D eigenvalue weighted by molar-refractivity contribution is 6.31. The van der Waals surface area contributed by atoms with Gasteiger partial charge in [0, 0.05) is 18.9 Å². The van der Waals surface area contributed by atoms with E-state index in [0.717, 1.165) is 24.0 Å². The maximum atomic E-state index is 13.3. The van der Waals surface area contributed by atoms with Crippen molar-refractivity contribution in [3.8, 4) is 0 Å². The van der Waals surface area contributed by atoms with Gasteiger partial charge in [0.15, 0.2) is 0 Å². The molecular formula is C15H17ClFNO. The summed E-state index contributed by atoms with van der Waals surface area (Å²) in [5, 5.41) is 10.1. The lowest BCUT2D eigenvalue weighted by molar-refractivity contribution is 0.166. The molecule has 1 aromatic carbocycles. The largest absolute Gasteiger partial charge is 0.388 e. The molecule has 0 aliphatic rings. The van der Waals surface area contributed by atoms with Gasteiger partial charge in [0.25, 0.3) is 0 Å². The van der Waals surface area contributed by atoms with Gasteiger partial charge in [-0.3, -0.25) is 0 Å². The van der Waals surface area contributed by atoms with E-state index in [0.29, 0.717) is 6.54 Å². The minimum atomic E-state index is -0.436. The molecule has 0 saturated heterocycles. The molecular weight excluding hydrogens is 265 g/mol. The van der Waals surface area contributed by atoms with Crippen LogP contribution in [0.2, 0.25) is 5.02 Å². The van der Waals surface area contributed by atoms with Crippen molar-refractivity contribution in [2.45, 2.75) is 32.4 Å². The van der Waals surface area contributed by atoms with Gasteiger partial charge in [-0.15, -0.1) is 0 Å². The van der Waals surface area contributed by atoms with Crippen LogP contribution in [0.1, 0.15) is 37.0 Å². The first-order valence-corrected chi connectivity index (χ1v) is 6.76. The summed E-state index contributed by atoms with van der Waals surface area (Å²) in [6.07, 6.45) is 4.98. The van der Waals surface area contributed by atoms with Crippen LogP contribution >= 0.6 is 11.6 Å². The van der Waals surface area contributed by atoms with Gasteiger partial charge in [0.05, 0.1) is 11.1 Å². The first-order valence-electron chi connectivity index (χ1n) is 6.38.